The maximum absolute atomic E-state index is 12.4. The van der Waals surface area contributed by atoms with Crippen molar-refractivity contribution in [2.24, 2.45) is 0 Å². The molecule has 1 N–H and O–H groups in total. The number of carbonyl (C=O) groups is 2. The van der Waals surface area contributed by atoms with Crippen LogP contribution in [0.2, 0.25) is 0 Å². The number of para-hydroxylation sites is 1. The molecule has 0 radical (unpaired) electrons. The van der Waals surface area contributed by atoms with Gasteiger partial charge in [-0.15, -0.1) is 11.8 Å². The number of rotatable bonds is 7. The molecule has 0 aliphatic heterocycles. The van der Waals surface area contributed by atoms with E-state index in [1.54, 1.807) is 36.9 Å². The lowest BCUT2D eigenvalue weighted by atomic mass is 10.1. The number of thioether (sulfide) groups is 1. The van der Waals surface area contributed by atoms with Crippen LogP contribution < -0.4 is 5.32 Å². The molecule has 0 atom stereocenters. The zero-order valence-electron chi connectivity index (χ0n) is 18.1. The fourth-order valence-corrected chi connectivity index (χ4v) is 5.19. The topological polar surface area (TPSA) is 81.2 Å². The van der Waals surface area contributed by atoms with Crippen LogP contribution in [0.5, 0.6) is 0 Å². The molecule has 164 valence electrons. The molecule has 0 saturated carbocycles. The molecule has 2 heterocycles. The summed E-state index contributed by atoms with van der Waals surface area (Å²) in [6, 6.07) is 13.4. The van der Waals surface area contributed by atoms with Crippen molar-refractivity contribution >= 4 is 61.2 Å². The number of aromatic nitrogens is 2. The monoisotopic (exact) mass is 465 g/mol. The van der Waals surface area contributed by atoms with Crippen LogP contribution in [0, 0.1) is 13.8 Å². The number of esters is 1. The normalized spacial score (nSPS) is 11.1. The van der Waals surface area contributed by atoms with Gasteiger partial charge in [0.2, 0.25) is 5.91 Å². The fraction of sp³-hybridized carbons (Fsp3) is 0.250. The minimum Gasteiger partial charge on any atom is -0.462 e. The Morgan fingerprint density at radius 1 is 1.09 bits per heavy atom. The average Bonchev–Trinajstić information content (AvgIpc) is 3.16. The summed E-state index contributed by atoms with van der Waals surface area (Å²) in [6.07, 6.45) is 0.348. The Hall–Kier alpha value is -2.97. The van der Waals surface area contributed by atoms with E-state index in [1.807, 2.05) is 6.07 Å². The molecule has 0 unspecified atom stereocenters. The lowest BCUT2D eigenvalue weighted by Gasteiger charge is -2.08. The van der Waals surface area contributed by atoms with Crippen LogP contribution in [0.3, 0.4) is 0 Å². The number of ether oxygens (including phenoxy) is 1. The highest BCUT2D eigenvalue weighted by Crippen LogP contribution is 2.28. The van der Waals surface area contributed by atoms with E-state index in [2.05, 4.69) is 42.3 Å². The van der Waals surface area contributed by atoms with E-state index in [-0.39, 0.29) is 11.9 Å². The van der Waals surface area contributed by atoms with Crippen molar-refractivity contribution in [1.29, 1.82) is 0 Å². The lowest BCUT2D eigenvalue weighted by Crippen LogP contribution is -2.11. The molecule has 32 heavy (non-hydrogen) atoms. The van der Waals surface area contributed by atoms with Gasteiger partial charge >= 0.3 is 5.97 Å². The van der Waals surface area contributed by atoms with Crippen molar-refractivity contribution in [3.8, 4) is 0 Å². The standard InChI is InChI=1S/C24H23N3O3S2/c1-4-30-23(29)16-8-9-18-19(13-16)32-24(25-18)26-20(28)10-11-31-21-12-15(3)17-7-5-6-14(2)22(17)27-21/h5-9,12-13H,4,10-11H2,1-3H3,(H,25,26,28). The second-order valence-corrected chi connectivity index (χ2v) is 9.46. The molecule has 0 saturated heterocycles. The van der Waals surface area contributed by atoms with Gasteiger partial charge in [0.15, 0.2) is 5.13 Å². The van der Waals surface area contributed by atoms with Crippen LogP contribution in [0.4, 0.5) is 5.13 Å². The molecule has 4 aromatic rings. The number of anilines is 1. The molecule has 0 spiro atoms. The van der Waals surface area contributed by atoms with E-state index in [1.165, 1.54) is 16.9 Å². The quantitative estimate of drug-likeness (QED) is 0.276. The Balaban J connectivity index is 1.37. The highest BCUT2D eigenvalue weighted by Gasteiger charge is 2.12. The van der Waals surface area contributed by atoms with Crippen LogP contribution in [0.15, 0.2) is 47.5 Å². The van der Waals surface area contributed by atoms with Gasteiger partial charge in [0.05, 0.1) is 32.9 Å². The predicted molar refractivity (Wildman–Crippen MR) is 131 cm³/mol. The number of aryl methyl sites for hydroxylation is 2. The van der Waals surface area contributed by atoms with Gasteiger partial charge in [-0.2, -0.15) is 0 Å². The zero-order chi connectivity index (χ0) is 22.7. The van der Waals surface area contributed by atoms with E-state index in [9.17, 15) is 9.59 Å². The summed E-state index contributed by atoms with van der Waals surface area (Å²) >= 11 is 2.91. The first-order valence-electron chi connectivity index (χ1n) is 10.3. The van der Waals surface area contributed by atoms with E-state index >= 15 is 0 Å². The molecule has 0 aliphatic rings. The Labute approximate surface area is 194 Å². The van der Waals surface area contributed by atoms with Gasteiger partial charge < -0.3 is 10.1 Å². The number of amides is 1. The Morgan fingerprint density at radius 3 is 2.75 bits per heavy atom. The Kier molecular flexibility index (Phi) is 6.72. The van der Waals surface area contributed by atoms with Crippen LogP contribution in [0.25, 0.3) is 21.1 Å². The molecule has 8 heteroatoms. The summed E-state index contributed by atoms with van der Waals surface area (Å²) in [4.78, 5) is 33.5. The summed E-state index contributed by atoms with van der Waals surface area (Å²) in [7, 11) is 0. The smallest absolute Gasteiger partial charge is 0.338 e. The fourth-order valence-electron chi connectivity index (χ4n) is 3.35. The van der Waals surface area contributed by atoms with Crippen LogP contribution in [-0.2, 0) is 9.53 Å². The largest absolute Gasteiger partial charge is 0.462 e. The number of fused-ring (bicyclic) bond motifs is 2. The minimum atomic E-state index is -0.363. The predicted octanol–water partition coefficient (Wildman–Crippen LogP) is 5.76. The lowest BCUT2D eigenvalue weighted by molar-refractivity contribution is -0.115. The summed E-state index contributed by atoms with van der Waals surface area (Å²) in [6.45, 7) is 6.24. The van der Waals surface area contributed by atoms with Crippen molar-refractivity contribution in [2.75, 3.05) is 17.7 Å². The summed E-state index contributed by atoms with van der Waals surface area (Å²) < 4.78 is 5.86. The van der Waals surface area contributed by atoms with Crippen molar-refractivity contribution in [1.82, 2.24) is 9.97 Å². The molecule has 0 fully saturated rings. The maximum Gasteiger partial charge on any atom is 0.338 e. The van der Waals surface area contributed by atoms with Crippen molar-refractivity contribution < 1.29 is 14.3 Å². The first-order valence-corrected chi connectivity index (χ1v) is 12.1. The maximum atomic E-state index is 12.4. The minimum absolute atomic E-state index is 0.101. The summed E-state index contributed by atoms with van der Waals surface area (Å²) in [5.74, 6) is 0.155. The molecular weight excluding hydrogens is 442 g/mol. The first-order chi connectivity index (χ1) is 15.4. The van der Waals surface area contributed by atoms with Gasteiger partial charge in [0.25, 0.3) is 0 Å². The third-order valence-electron chi connectivity index (χ3n) is 4.95. The number of hydrogen-bond acceptors (Lipinski definition) is 7. The van der Waals surface area contributed by atoms with Gasteiger partial charge in [-0.25, -0.2) is 14.8 Å². The van der Waals surface area contributed by atoms with Crippen LogP contribution in [0.1, 0.15) is 34.8 Å². The van der Waals surface area contributed by atoms with Gasteiger partial charge in [-0.1, -0.05) is 29.5 Å². The summed E-state index contributed by atoms with van der Waals surface area (Å²) in [5, 5.41) is 5.46. The SMILES string of the molecule is CCOC(=O)c1ccc2nc(NC(=O)CCSc3cc(C)c4cccc(C)c4n3)sc2c1. The van der Waals surface area contributed by atoms with Crippen LogP contribution >= 0.6 is 23.1 Å². The van der Waals surface area contributed by atoms with E-state index in [0.717, 1.165) is 31.7 Å². The van der Waals surface area contributed by atoms with Gasteiger partial charge in [0.1, 0.15) is 0 Å². The molecule has 6 nitrogen and oxygen atoms in total. The molecule has 2 aromatic carbocycles. The average molecular weight is 466 g/mol. The molecule has 0 aliphatic carbocycles. The van der Waals surface area contributed by atoms with Gasteiger partial charge in [0, 0.05) is 17.6 Å². The molecule has 2 aromatic heterocycles. The molecule has 0 bridgehead atoms. The van der Waals surface area contributed by atoms with Crippen molar-refractivity contribution in [3.05, 3.63) is 59.2 Å². The number of pyridine rings is 1. The Morgan fingerprint density at radius 2 is 1.94 bits per heavy atom. The van der Waals surface area contributed by atoms with E-state index < -0.39 is 0 Å². The molecular formula is C24H23N3O3S2. The van der Waals surface area contributed by atoms with Gasteiger partial charge in [-0.3, -0.25) is 4.79 Å². The second-order valence-electron chi connectivity index (χ2n) is 7.32. The van der Waals surface area contributed by atoms with Crippen molar-refractivity contribution in [3.63, 3.8) is 0 Å². The first kappa shape index (κ1) is 22.2. The second kappa shape index (κ2) is 9.67. The van der Waals surface area contributed by atoms with Gasteiger partial charge in [-0.05, 0) is 56.2 Å². The zero-order valence-corrected chi connectivity index (χ0v) is 19.7. The number of thiazole rings is 1. The number of hydrogen-bond donors (Lipinski definition) is 1. The third kappa shape index (κ3) is 4.92. The number of carbonyl (C=O) groups excluding carboxylic acids is 2. The third-order valence-corrected chi connectivity index (χ3v) is 6.80. The van der Waals surface area contributed by atoms with Crippen LogP contribution in [-0.4, -0.2) is 34.2 Å². The summed E-state index contributed by atoms with van der Waals surface area (Å²) in [5.41, 5.74) is 4.55. The highest BCUT2D eigenvalue weighted by molar-refractivity contribution is 7.99. The molecule has 4 rings (SSSR count). The van der Waals surface area contributed by atoms with E-state index in [4.69, 9.17) is 9.72 Å². The van der Waals surface area contributed by atoms with Crippen molar-refractivity contribution in [2.45, 2.75) is 32.2 Å². The van der Waals surface area contributed by atoms with E-state index in [0.29, 0.717) is 29.5 Å². The number of benzene rings is 2. The number of nitrogens with zero attached hydrogens (tertiary/aromatic N) is 2. The number of nitrogens with one attached hydrogen (secondary N) is 1. The highest BCUT2D eigenvalue weighted by atomic mass is 32.2. The Bertz CT molecular complexity index is 1320. The molecule has 1 amide bonds.